The molecule has 0 aliphatic carbocycles. The molecule has 4 heterocycles. The topological polar surface area (TPSA) is 108 Å². The Bertz CT molecular complexity index is 1150. The van der Waals surface area contributed by atoms with E-state index in [1.54, 1.807) is 19.1 Å². The number of pyridine rings is 2. The monoisotopic (exact) mass is 563 g/mol. The molecule has 0 bridgehead atoms. The molecule has 2 aromatic rings. The zero-order chi connectivity index (χ0) is 27.4. The molecular formula is C26H35Cl2N7O3. The number of likely N-dealkylation sites (N-methyl/N-ethyl adjacent to an activating group) is 2. The number of primary amides is 1. The number of aromatic nitrogens is 2. The third kappa shape index (κ3) is 6.31. The lowest BCUT2D eigenvalue weighted by atomic mass is 9.81. The predicted octanol–water partition coefficient (Wildman–Crippen LogP) is 2.20. The summed E-state index contributed by atoms with van der Waals surface area (Å²) in [6.07, 6.45) is 3.02. The molecule has 38 heavy (non-hydrogen) atoms. The van der Waals surface area contributed by atoms with Crippen LogP contribution in [0.15, 0.2) is 24.5 Å². The molecule has 0 aromatic carbocycles. The van der Waals surface area contributed by atoms with E-state index in [0.29, 0.717) is 22.8 Å². The SMILES string of the molecule is CCOC(=O)C(c1cc(N2CCN(C)CC2)ncc1Cl)C(C(N)=O)c1cc(N2CCN(C)CC2)ncc1Cl. The second-order valence-corrected chi connectivity index (χ2v) is 10.6. The van der Waals surface area contributed by atoms with E-state index in [0.717, 1.165) is 52.4 Å². The number of halogens is 2. The normalized spacial score (nSPS) is 18.8. The van der Waals surface area contributed by atoms with E-state index >= 15 is 0 Å². The van der Waals surface area contributed by atoms with Gasteiger partial charge in [-0.3, -0.25) is 9.59 Å². The number of hydrogen-bond donors (Lipinski definition) is 1. The van der Waals surface area contributed by atoms with Gasteiger partial charge in [0.1, 0.15) is 11.6 Å². The lowest BCUT2D eigenvalue weighted by Gasteiger charge is -2.34. The van der Waals surface area contributed by atoms with Crippen LogP contribution in [-0.4, -0.2) is 105 Å². The van der Waals surface area contributed by atoms with Gasteiger partial charge in [0.2, 0.25) is 5.91 Å². The zero-order valence-electron chi connectivity index (χ0n) is 22.1. The average Bonchev–Trinajstić information content (AvgIpc) is 2.89. The Balaban J connectivity index is 1.77. The molecule has 4 rings (SSSR count). The highest BCUT2D eigenvalue weighted by Gasteiger charge is 2.40. The number of nitrogens with zero attached hydrogens (tertiary/aromatic N) is 6. The largest absolute Gasteiger partial charge is 0.465 e. The quantitative estimate of drug-likeness (QED) is 0.483. The molecule has 0 spiro atoms. The Morgan fingerprint density at radius 2 is 1.26 bits per heavy atom. The van der Waals surface area contributed by atoms with Gasteiger partial charge in [-0.2, -0.15) is 0 Å². The van der Waals surface area contributed by atoms with Gasteiger partial charge >= 0.3 is 5.97 Å². The summed E-state index contributed by atoms with van der Waals surface area (Å²) in [6, 6.07) is 3.52. The van der Waals surface area contributed by atoms with Crippen LogP contribution in [0.2, 0.25) is 10.0 Å². The van der Waals surface area contributed by atoms with Crippen molar-refractivity contribution in [1.29, 1.82) is 0 Å². The van der Waals surface area contributed by atoms with Crippen molar-refractivity contribution in [3.05, 3.63) is 45.7 Å². The zero-order valence-corrected chi connectivity index (χ0v) is 23.6. The highest BCUT2D eigenvalue weighted by molar-refractivity contribution is 6.32. The van der Waals surface area contributed by atoms with Gasteiger partial charge in [-0.05, 0) is 44.3 Å². The first-order chi connectivity index (χ1) is 18.2. The first-order valence-electron chi connectivity index (χ1n) is 12.8. The lowest BCUT2D eigenvalue weighted by molar-refractivity contribution is -0.147. The fourth-order valence-corrected chi connectivity index (χ4v) is 5.39. The Morgan fingerprint density at radius 1 is 0.842 bits per heavy atom. The summed E-state index contributed by atoms with van der Waals surface area (Å²) in [5.74, 6) is -2.22. The second kappa shape index (κ2) is 12.5. The van der Waals surface area contributed by atoms with Crippen LogP contribution in [-0.2, 0) is 14.3 Å². The molecule has 2 fully saturated rings. The van der Waals surface area contributed by atoms with Gasteiger partial charge in [0.25, 0.3) is 0 Å². The van der Waals surface area contributed by atoms with E-state index in [-0.39, 0.29) is 16.7 Å². The number of nitrogens with two attached hydrogens (primary N) is 1. The molecule has 10 nitrogen and oxygen atoms in total. The standard InChI is InChI=1S/C26H35Cl2N7O3/c1-4-38-26(37)24(18-14-22(31-16-20(18)28)35-11-7-33(3)8-12-35)23(25(29)36)17-13-21(30-15-19(17)27)34-9-5-32(2)6-10-34/h13-16,23-24H,4-12H2,1-3H3,(H2,29,36). The van der Waals surface area contributed by atoms with E-state index in [1.807, 2.05) is 0 Å². The molecule has 2 aromatic heterocycles. The summed E-state index contributed by atoms with van der Waals surface area (Å²) >= 11 is 13.2. The Hall–Kier alpha value is -2.66. The van der Waals surface area contributed by atoms with Gasteiger partial charge in [-0.15, -0.1) is 0 Å². The van der Waals surface area contributed by atoms with Crippen molar-refractivity contribution in [3.63, 3.8) is 0 Å². The van der Waals surface area contributed by atoms with Crippen LogP contribution in [0.4, 0.5) is 11.6 Å². The number of esters is 1. The minimum absolute atomic E-state index is 0.130. The molecule has 2 unspecified atom stereocenters. The third-order valence-electron chi connectivity index (χ3n) is 7.25. The first kappa shape index (κ1) is 28.4. The number of carbonyl (C=O) groups excluding carboxylic acids is 2. The molecule has 2 aliphatic rings. The molecule has 1 amide bonds. The number of ether oxygens (including phenoxy) is 1. The van der Waals surface area contributed by atoms with Crippen molar-refractivity contribution >= 4 is 46.7 Å². The van der Waals surface area contributed by atoms with Crippen molar-refractivity contribution in [2.24, 2.45) is 5.73 Å². The Labute approximate surface area is 233 Å². The molecule has 206 valence electrons. The molecule has 2 aliphatic heterocycles. The molecule has 12 heteroatoms. The van der Waals surface area contributed by atoms with Crippen LogP contribution in [0.5, 0.6) is 0 Å². The van der Waals surface area contributed by atoms with Crippen molar-refractivity contribution in [3.8, 4) is 0 Å². The van der Waals surface area contributed by atoms with Gasteiger partial charge < -0.3 is 30.1 Å². The highest BCUT2D eigenvalue weighted by atomic mass is 35.5. The Kier molecular flexibility index (Phi) is 9.30. The average molecular weight is 565 g/mol. The maximum atomic E-state index is 13.5. The summed E-state index contributed by atoms with van der Waals surface area (Å²) in [5, 5.41) is 0.488. The van der Waals surface area contributed by atoms with Crippen LogP contribution in [0.25, 0.3) is 0 Å². The minimum Gasteiger partial charge on any atom is -0.465 e. The van der Waals surface area contributed by atoms with Crippen LogP contribution in [0.1, 0.15) is 29.9 Å². The number of anilines is 2. The van der Waals surface area contributed by atoms with Gasteiger partial charge in [0.15, 0.2) is 0 Å². The fraction of sp³-hybridized carbons (Fsp3) is 0.538. The van der Waals surface area contributed by atoms with E-state index in [1.165, 1.54) is 12.4 Å². The molecule has 0 saturated carbocycles. The van der Waals surface area contributed by atoms with Crippen LogP contribution in [0.3, 0.4) is 0 Å². The number of hydrogen-bond acceptors (Lipinski definition) is 9. The van der Waals surface area contributed by atoms with Gasteiger partial charge in [0, 0.05) is 64.8 Å². The summed E-state index contributed by atoms with van der Waals surface area (Å²) in [5.41, 5.74) is 6.82. The number of carbonyl (C=O) groups is 2. The molecular weight excluding hydrogens is 529 g/mol. The Morgan fingerprint density at radius 3 is 1.66 bits per heavy atom. The summed E-state index contributed by atoms with van der Waals surface area (Å²) in [6.45, 7) is 8.47. The van der Waals surface area contributed by atoms with Crippen molar-refractivity contribution in [1.82, 2.24) is 19.8 Å². The molecule has 2 atom stereocenters. The van der Waals surface area contributed by atoms with Crippen molar-refractivity contribution in [2.45, 2.75) is 18.8 Å². The smallest absolute Gasteiger partial charge is 0.314 e. The second-order valence-electron chi connectivity index (χ2n) is 9.82. The molecule has 2 N–H and O–H groups in total. The molecule has 0 radical (unpaired) electrons. The number of amides is 1. The van der Waals surface area contributed by atoms with Crippen molar-refractivity contribution in [2.75, 3.05) is 82.9 Å². The molecule has 2 saturated heterocycles. The first-order valence-corrected chi connectivity index (χ1v) is 13.6. The van der Waals surface area contributed by atoms with Crippen LogP contribution < -0.4 is 15.5 Å². The van der Waals surface area contributed by atoms with Gasteiger partial charge in [-0.25, -0.2) is 9.97 Å². The van der Waals surface area contributed by atoms with E-state index < -0.39 is 23.7 Å². The summed E-state index contributed by atoms with van der Waals surface area (Å²) in [4.78, 5) is 44.3. The summed E-state index contributed by atoms with van der Waals surface area (Å²) < 4.78 is 5.44. The minimum atomic E-state index is -1.13. The maximum absolute atomic E-state index is 13.5. The summed E-state index contributed by atoms with van der Waals surface area (Å²) in [7, 11) is 4.14. The predicted molar refractivity (Wildman–Crippen MR) is 149 cm³/mol. The van der Waals surface area contributed by atoms with Crippen molar-refractivity contribution < 1.29 is 14.3 Å². The maximum Gasteiger partial charge on any atom is 0.314 e. The van der Waals surface area contributed by atoms with Gasteiger partial charge in [0.05, 0.1) is 28.5 Å². The van der Waals surface area contributed by atoms with Crippen LogP contribution in [0, 0.1) is 0 Å². The highest BCUT2D eigenvalue weighted by Crippen LogP contribution is 2.41. The van der Waals surface area contributed by atoms with Gasteiger partial charge in [-0.1, -0.05) is 23.2 Å². The van der Waals surface area contributed by atoms with E-state index in [9.17, 15) is 9.59 Å². The number of rotatable bonds is 8. The van der Waals surface area contributed by atoms with E-state index in [2.05, 4.69) is 43.7 Å². The fourth-order valence-electron chi connectivity index (χ4n) is 4.95. The van der Waals surface area contributed by atoms with E-state index in [4.69, 9.17) is 33.7 Å². The third-order valence-corrected chi connectivity index (χ3v) is 7.88. The number of piperazine rings is 2. The lowest BCUT2D eigenvalue weighted by Crippen LogP contribution is -2.45. The van der Waals surface area contributed by atoms with Crippen LogP contribution >= 0.6 is 23.2 Å².